The van der Waals surface area contributed by atoms with Crippen LogP contribution in [0.1, 0.15) is 0 Å². The summed E-state index contributed by atoms with van der Waals surface area (Å²) < 4.78 is 16.4. The first-order valence-corrected chi connectivity index (χ1v) is 9.00. The number of piperazine rings is 1. The molecule has 1 aliphatic rings. The third-order valence-corrected chi connectivity index (χ3v) is 4.86. The Hall–Kier alpha value is -3.15. The van der Waals surface area contributed by atoms with Gasteiger partial charge in [0.2, 0.25) is 0 Å². The Morgan fingerprint density at radius 3 is 2.56 bits per heavy atom. The van der Waals surface area contributed by atoms with Crippen LogP contribution in [-0.4, -0.2) is 50.7 Å². The van der Waals surface area contributed by atoms with Crippen molar-refractivity contribution in [3.8, 4) is 11.5 Å². The lowest BCUT2D eigenvalue weighted by atomic mass is 10.2. The summed E-state index contributed by atoms with van der Waals surface area (Å²) in [6, 6.07) is 15.5. The zero-order valence-corrected chi connectivity index (χ0v) is 15.3. The SMILES string of the molecule is COc1ccc(N2CCN(C(=O)COc3cccc4ccoc34)CC2)cc1. The van der Waals surface area contributed by atoms with Crippen molar-refractivity contribution in [3.05, 3.63) is 54.8 Å². The van der Waals surface area contributed by atoms with Crippen LogP contribution in [0.15, 0.2) is 59.2 Å². The third-order valence-electron chi connectivity index (χ3n) is 4.86. The number of methoxy groups -OCH3 is 1. The molecule has 1 aliphatic heterocycles. The fraction of sp³-hybridized carbons (Fsp3) is 0.286. The number of amides is 1. The van der Waals surface area contributed by atoms with E-state index < -0.39 is 0 Å². The summed E-state index contributed by atoms with van der Waals surface area (Å²) in [5, 5.41) is 0.966. The zero-order chi connectivity index (χ0) is 18.6. The Kier molecular flexibility index (Phi) is 4.87. The molecule has 6 nitrogen and oxygen atoms in total. The van der Waals surface area contributed by atoms with Gasteiger partial charge in [-0.2, -0.15) is 0 Å². The highest BCUT2D eigenvalue weighted by molar-refractivity contribution is 5.84. The fourth-order valence-corrected chi connectivity index (χ4v) is 3.32. The van der Waals surface area contributed by atoms with Crippen LogP contribution in [-0.2, 0) is 4.79 Å². The quantitative estimate of drug-likeness (QED) is 0.694. The molecule has 0 aliphatic carbocycles. The number of hydrogen-bond donors (Lipinski definition) is 0. The van der Waals surface area contributed by atoms with Gasteiger partial charge < -0.3 is 23.7 Å². The van der Waals surface area contributed by atoms with Gasteiger partial charge in [0, 0.05) is 37.3 Å². The Bertz CT molecular complexity index is 911. The van der Waals surface area contributed by atoms with Crippen LogP contribution in [0.5, 0.6) is 11.5 Å². The summed E-state index contributed by atoms with van der Waals surface area (Å²) in [6.45, 7) is 2.97. The molecule has 0 atom stereocenters. The van der Waals surface area contributed by atoms with Gasteiger partial charge in [-0.3, -0.25) is 4.79 Å². The monoisotopic (exact) mass is 366 g/mol. The van der Waals surface area contributed by atoms with Gasteiger partial charge in [-0.05, 0) is 36.4 Å². The Morgan fingerprint density at radius 1 is 1.04 bits per heavy atom. The predicted molar refractivity (Wildman–Crippen MR) is 103 cm³/mol. The van der Waals surface area contributed by atoms with E-state index in [2.05, 4.69) is 4.90 Å². The van der Waals surface area contributed by atoms with Gasteiger partial charge in [0.25, 0.3) is 5.91 Å². The largest absolute Gasteiger partial charge is 0.497 e. The van der Waals surface area contributed by atoms with Crippen LogP contribution in [0.2, 0.25) is 0 Å². The summed E-state index contributed by atoms with van der Waals surface area (Å²) in [5.41, 5.74) is 1.82. The Morgan fingerprint density at radius 2 is 1.81 bits per heavy atom. The predicted octanol–water partition coefficient (Wildman–Crippen LogP) is 3.17. The summed E-state index contributed by atoms with van der Waals surface area (Å²) in [5.74, 6) is 1.44. The maximum atomic E-state index is 12.5. The Labute approximate surface area is 157 Å². The maximum absolute atomic E-state index is 12.5. The van der Waals surface area contributed by atoms with Gasteiger partial charge in [-0.1, -0.05) is 12.1 Å². The van der Waals surface area contributed by atoms with Gasteiger partial charge >= 0.3 is 0 Å². The van der Waals surface area contributed by atoms with Crippen molar-refractivity contribution in [3.63, 3.8) is 0 Å². The molecule has 0 N–H and O–H groups in total. The molecule has 27 heavy (non-hydrogen) atoms. The second-order valence-corrected chi connectivity index (χ2v) is 6.45. The first kappa shape index (κ1) is 17.3. The number of rotatable bonds is 5. The smallest absolute Gasteiger partial charge is 0.260 e. The molecular formula is C21H22N2O4. The van der Waals surface area contributed by atoms with Crippen molar-refractivity contribution >= 4 is 22.6 Å². The first-order valence-electron chi connectivity index (χ1n) is 9.00. The number of ether oxygens (including phenoxy) is 2. The second kappa shape index (κ2) is 7.61. The first-order chi connectivity index (χ1) is 13.2. The average Bonchev–Trinajstić information content (AvgIpc) is 3.22. The maximum Gasteiger partial charge on any atom is 0.260 e. The molecule has 0 radical (unpaired) electrons. The molecule has 1 saturated heterocycles. The minimum absolute atomic E-state index is 0.00654. The van der Waals surface area contributed by atoms with Crippen LogP contribution >= 0.6 is 0 Å². The molecule has 1 fully saturated rings. The van der Waals surface area contributed by atoms with E-state index in [4.69, 9.17) is 13.9 Å². The van der Waals surface area contributed by atoms with Crippen molar-refractivity contribution in [1.29, 1.82) is 0 Å². The van der Waals surface area contributed by atoms with E-state index in [1.54, 1.807) is 13.4 Å². The molecule has 1 aromatic heterocycles. The Balaban J connectivity index is 1.31. The number of carbonyl (C=O) groups excluding carboxylic acids is 1. The summed E-state index contributed by atoms with van der Waals surface area (Å²) >= 11 is 0. The summed E-state index contributed by atoms with van der Waals surface area (Å²) in [7, 11) is 1.66. The van der Waals surface area contributed by atoms with Crippen LogP contribution in [0.25, 0.3) is 11.0 Å². The van der Waals surface area contributed by atoms with Gasteiger partial charge in [-0.15, -0.1) is 0 Å². The van der Waals surface area contributed by atoms with E-state index >= 15 is 0 Å². The molecular weight excluding hydrogens is 344 g/mol. The van der Waals surface area contributed by atoms with E-state index in [1.165, 1.54) is 0 Å². The third kappa shape index (κ3) is 3.69. The molecule has 2 heterocycles. The lowest BCUT2D eigenvalue weighted by Crippen LogP contribution is -2.50. The highest BCUT2D eigenvalue weighted by atomic mass is 16.5. The van der Waals surface area contributed by atoms with Crippen molar-refractivity contribution in [2.45, 2.75) is 0 Å². The molecule has 2 aromatic carbocycles. The molecule has 0 spiro atoms. The zero-order valence-electron chi connectivity index (χ0n) is 15.3. The number of carbonyl (C=O) groups is 1. The standard InChI is InChI=1S/C21H22N2O4/c1-25-18-7-5-17(6-8-18)22-10-12-23(13-11-22)20(24)15-27-19-4-2-3-16-9-14-26-21(16)19/h2-9,14H,10-13,15H2,1H3. The molecule has 4 rings (SSSR count). The van der Waals surface area contributed by atoms with E-state index in [1.807, 2.05) is 53.4 Å². The molecule has 1 amide bonds. The van der Waals surface area contributed by atoms with Crippen molar-refractivity contribution < 1.29 is 18.7 Å². The van der Waals surface area contributed by atoms with Crippen molar-refractivity contribution in [2.75, 3.05) is 44.8 Å². The van der Waals surface area contributed by atoms with E-state index in [9.17, 15) is 4.79 Å². The topological polar surface area (TPSA) is 55.2 Å². The normalized spacial score (nSPS) is 14.4. The van der Waals surface area contributed by atoms with Gasteiger partial charge in [-0.25, -0.2) is 0 Å². The lowest BCUT2D eigenvalue weighted by Gasteiger charge is -2.36. The van der Waals surface area contributed by atoms with Gasteiger partial charge in [0.05, 0.1) is 13.4 Å². The number of fused-ring (bicyclic) bond motifs is 1. The lowest BCUT2D eigenvalue weighted by molar-refractivity contribution is -0.133. The van der Waals surface area contributed by atoms with Gasteiger partial charge in [0.1, 0.15) is 5.75 Å². The van der Waals surface area contributed by atoms with E-state index in [0.29, 0.717) is 24.4 Å². The highest BCUT2D eigenvalue weighted by Crippen LogP contribution is 2.26. The molecule has 0 bridgehead atoms. The minimum Gasteiger partial charge on any atom is -0.497 e. The van der Waals surface area contributed by atoms with Crippen molar-refractivity contribution in [1.82, 2.24) is 4.90 Å². The van der Waals surface area contributed by atoms with E-state index in [-0.39, 0.29) is 12.5 Å². The minimum atomic E-state index is -0.00654. The number of anilines is 1. The van der Waals surface area contributed by atoms with Crippen LogP contribution in [0, 0.1) is 0 Å². The van der Waals surface area contributed by atoms with Crippen LogP contribution in [0.3, 0.4) is 0 Å². The summed E-state index contributed by atoms with van der Waals surface area (Å²) in [6.07, 6.45) is 1.62. The second-order valence-electron chi connectivity index (χ2n) is 6.45. The van der Waals surface area contributed by atoms with Crippen molar-refractivity contribution in [2.24, 2.45) is 0 Å². The highest BCUT2D eigenvalue weighted by Gasteiger charge is 2.22. The number of benzene rings is 2. The van der Waals surface area contributed by atoms with Crippen LogP contribution < -0.4 is 14.4 Å². The summed E-state index contributed by atoms with van der Waals surface area (Å²) in [4.78, 5) is 16.6. The average molecular weight is 366 g/mol. The van der Waals surface area contributed by atoms with Crippen LogP contribution in [0.4, 0.5) is 5.69 Å². The fourth-order valence-electron chi connectivity index (χ4n) is 3.32. The molecule has 3 aromatic rings. The molecule has 6 heteroatoms. The number of nitrogens with zero attached hydrogens (tertiary/aromatic N) is 2. The number of hydrogen-bond acceptors (Lipinski definition) is 5. The molecule has 0 unspecified atom stereocenters. The molecule has 140 valence electrons. The number of para-hydroxylation sites is 1. The van der Waals surface area contributed by atoms with E-state index in [0.717, 1.165) is 29.9 Å². The number of furan rings is 1. The molecule has 0 saturated carbocycles. The van der Waals surface area contributed by atoms with Gasteiger partial charge in [0.15, 0.2) is 17.9 Å².